The lowest BCUT2D eigenvalue weighted by molar-refractivity contribution is -0.141. The molecule has 226 valence electrons. The SMILES string of the molecule is O=C(Nc1cn(CC(=O)N2CCN(N3CCOCC3)CC2)nc1-c1cc(Cl)ccc1OC(F)F)c1cnn2cccnc12. The number of fused-ring (bicyclic) bond motifs is 1. The van der Waals surface area contributed by atoms with Crippen LogP contribution in [-0.2, 0) is 16.1 Å². The van der Waals surface area contributed by atoms with Gasteiger partial charge < -0.3 is 19.7 Å². The monoisotopic (exact) mass is 615 g/mol. The highest BCUT2D eigenvalue weighted by molar-refractivity contribution is 6.31. The third-order valence-electron chi connectivity index (χ3n) is 7.24. The Morgan fingerprint density at radius 3 is 2.63 bits per heavy atom. The summed E-state index contributed by atoms with van der Waals surface area (Å²) in [5.74, 6) is -0.919. The number of carbonyl (C=O) groups excluding carboxylic acids is 2. The zero-order valence-corrected chi connectivity index (χ0v) is 23.7. The highest BCUT2D eigenvalue weighted by Crippen LogP contribution is 2.37. The Labute approximate surface area is 249 Å². The lowest BCUT2D eigenvalue weighted by Gasteiger charge is -2.42. The number of hydrogen-bond acceptors (Lipinski definition) is 9. The van der Waals surface area contributed by atoms with Gasteiger partial charge in [0.15, 0.2) is 5.65 Å². The maximum atomic E-state index is 13.3. The van der Waals surface area contributed by atoms with Crippen LogP contribution in [0.3, 0.4) is 0 Å². The maximum Gasteiger partial charge on any atom is 0.387 e. The summed E-state index contributed by atoms with van der Waals surface area (Å²) >= 11 is 6.21. The van der Waals surface area contributed by atoms with E-state index in [0.717, 1.165) is 13.1 Å². The fourth-order valence-corrected chi connectivity index (χ4v) is 5.33. The molecule has 2 fully saturated rings. The normalized spacial score (nSPS) is 16.6. The summed E-state index contributed by atoms with van der Waals surface area (Å²) in [5, 5.41) is 16.2. The largest absolute Gasteiger partial charge is 0.434 e. The van der Waals surface area contributed by atoms with Crippen LogP contribution < -0.4 is 10.1 Å². The molecule has 0 saturated carbocycles. The van der Waals surface area contributed by atoms with Gasteiger partial charge in [-0.1, -0.05) is 11.6 Å². The van der Waals surface area contributed by atoms with Gasteiger partial charge in [-0.3, -0.25) is 14.3 Å². The molecular formula is C27H28ClF2N9O4. The number of benzene rings is 1. The van der Waals surface area contributed by atoms with E-state index < -0.39 is 12.5 Å². The lowest BCUT2D eigenvalue weighted by Crippen LogP contribution is -2.57. The van der Waals surface area contributed by atoms with Gasteiger partial charge in [-0.05, 0) is 24.3 Å². The minimum atomic E-state index is -3.11. The average Bonchev–Trinajstić information content (AvgIpc) is 3.62. The van der Waals surface area contributed by atoms with Crippen molar-refractivity contribution in [2.75, 3.05) is 57.8 Å². The predicted octanol–water partition coefficient (Wildman–Crippen LogP) is 2.49. The van der Waals surface area contributed by atoms with Gasteiger partial charge in [0.2, 0.25) is 5.91 Å². The first-order chi connectivity index (χ1) is 20.9. The Kier molecular flexibility index (Phi) is 8.47. The van der Waals surface area contributed by atoms with Gasteiger partial charge in [0.1, 0.15) is 23.6 Å². The fourth-order valence-electron chi connectivity index (χ4n) is 5.16. The van der Waals surface area contributed by atoms with Crippen molar-refractivity contribution in [3.8, 4) is 17.0 Å². The summed E-state index contributed by atoms with van der Waals surface area (Å²) in [6.45, 7) is 2.24. The second-order valence-corrected chi connectivity index (χ2v) is 10.3. The van der Waals surface area contributed by atoms with Gasteiger partial charge in [-0.2, -0.15) is 19.0 Å². The Bertz CT molecular complexity index is 1620. The molecule has 0 radical (unpaired) electrons. The molecular weight excluding hydrogens is 588 g/mol. The molecule has 0 spiro atoms. The first-order valence-corrected chi connectivity index (χ1v) is 14.0. The van der Waals surface area contributed by atoms with Crippen molar-refractivity contribution in [1.82, 2.24) is 39.3 Å². The predicted molar refractivity (Wildman–Crippen MR) is 151 cm³/mol. The summed E-state index contributed by atoms with van der Waals surface area (Å²) in [7, 11) is 0. The maximum absolute atomic E-state index is 13.3. The molecule has 43 heavy (non-hydrogen) atoms. The molecule has 2 saturated heterocycles. The molecule has 0 atom stereocenters. The molecule has 0 unspecified atom stereocenters. The third-order valence-corrected chi connectivity index (χ3v) is 7.48. The van der Waals surface area contributed by atoms with Crippen molar-refractivity contribution in [2.24, 2.45) is 0 Å². The number of rotatable bonds is 8. The topological polar surface area (TPSA) is 122 Å². The summed E-state index contributed by atoms with van der Waals surface area (Å²) in [4.78, 5) is 32.6. The molecule has 0 bridgehead atoms. The van der Waals surface area contributed by atoms with Crippen LogP contribution in [0, 0.1) is 0 Å². The Morgan fingerprint density at radius 1 is 1.09 bits per heavy atom. The smallest absolute Gasteiger partial charge is 0.387 e. The number of piperazine rings is 1. The van der Waals surface area contributed by atoms with Crippen molar-refractivity contribution in [1.29, 1.82) is 0 Å². The van der Waals surface area contributed by atoms with E-state index in [-0.39, 0.29) is 45.7 Å². The highest BCUT2D eigenvalue weighted by atomic mass is 35.5. The van der Waals surface area contributed by atoms with Crippen molar-refractivity contribution in [3.05, 3.63) is 59.6 Å². The number of alkyl halides is 2. The van der Waals surface area contributed by atoms with Crippen molar-refractivity contribution < 1.29 is 27.8 Å². The Morgan fingerprint density at radius 2 is 1.86 bits per heavy atom. The number of halogens is 3. The first-order valence-electron chi connectivity index (χ1n) is 13.6. The number of morpholine rings is 1. The number of nitrogens with one attached hydrogen (secondary N) is 1. The number of carbonyl (C=O) groups is 2. The van der Waals surface area contributed by atoms with Gasteiger partial charge in [-0.25, -0.2) is 19.5 Å². The minimum absolute atomic E-state index is 0.0980. The van der Waals surface area contributed by atoms with Gasteiger partial charge in [-0.15, -0.1) is 0 Å². The van der Waals surface area contributed by atoms with E-state index in [1.54, 1.807) is 17.2 Å². The van der Waals surface area contributed by atoms with Crippen LogP contribution in [0.1, 0.15) is 10.4 Å². The summed E-state index contributed by atoms with van der Waals surface area (Å²) in [6, 6.07) is 5.78. The highest BCUT2D eigenvalue weighted by Gasteiger charge is 2.27. The number of amides is 2. The molecule has 2 aliphatic rings. The lowest BCUT2D eigenvalue weighted by atomic mass is 10.1. The van der Waals surface area contributed by atoms with E-state index >= 15 is 0 Å². The van der Waals surface area contributed by atoms with E-state index in [1.165, 1.54) is 46.0 Å². The Hall–Kier alpha value is -4.18. The minimum Gasteiger partial charge on any atom is -0.434 e. The van der Waals surface area contributed by atoms with E-state index in [4.69, 9.17) is 21.1 Å². The van der Waals surface area contributed by atoms with Crippen LogP contribution in [0.2, 0.25) is 5.02 Å². The third kappa shape index (κ3) is 6.44. The molecule has 6 rings (SSSR count). The van der Waals surface area contributed by atoms with Crippen LogP contribution in [0.25, 0.3) is 16.9 Å². The second kappa shape index (κ2) is 12.6. The molecule has 1 N–H and O–H groups in total. The van der Waals surface area contributed by atoms with Crippen LogP contribution in [-0.4, -0.2) is 110 Å². The summed E-state index contributed by atoms with van der Waals surface area (Å²) in [6.07, 6.45) is 6.02. The molecule has 5 heterocycles. The van der Waals surface area contributed by atoms with E-state index in [9.17, 15) is 18.4 Å². The van der Waals surface area contributed by atoms with E-state index in [1.807, 2.05) is 0 Å². The number of ether oxygens (including phenoxy) is 2. The molecule has 1 aromatic carbocycles. The first kappa shape index (κ1) is 28.9. The number of aromatic nitrogens is 5. The summed E-state index contributed by atoms with van der Waals surface area (Å²) in [5.41, 5.74) is 0.882. The molecule has 2 amide bonds. The van der Waals surface area contributed by atoms with Crippen LogP contribution >= 0.6 is 11.6 Å². The molecule has 4 aromatic rings. The average molecular weight is 616 g/mol. The fraction of sp³-hybridized carbons (Fsp3) is 0.370. The standard InChI is InChI=1S/C27H28ClF2N9O4/c28-18-2-3-22(43-27(29)30)19(14-18)24-21(33-26(41)20-15-32-39-5-1-4-31-25(20)39)16-36(34-24)17-23(40)35-6-8-37(9-7-35)38-10-12-42-13-11-38/h1-5,14-16,27H,6-13,17H2,(H,33,41). The van der Waals surface area contributed by atoms with Crippen molar-refractivity contribution in [2.45, 2.75) is 13.2 Å². The van der Waals surface area contributed by atoms with E-state index in [2.05, 4.69) is 30.5 Å². The van der Waals surface area contributed by atoms with Crippen LogP contribution in [0.5, 0.6) is 5.75 Å². The van der Waals surface area contributed by atoms with Gasteiger partial charge in [0.25, 0.3) is 5.91 Å². The number of hydrazine groups is 1. The molecule has 13 nitrogen and oxygen atoms in total. The zero-order valence-electron chi connectivity index (χ0n) is 22.9. The molecule has 16 heteroatoms. The van der Waals surface area contributed by atoms with Gasteiger partial charge in [0, 0.05) is 68.4 Å². The van der Waals surface area contributed by atoms with Crippen LogP contribution in [0.15, 0.2) is 49.1 Å². The second-order valence-electron chi connectivity index (χ2n) is 9.91. The zero-order chi connectivity index (χ0) is 29.9. The molecule has 0 aliphatic carbocycles. The molecule has 2 aliphatic heterocycles. The van der Waals surface area contributed by atoms with Gasteiger partial charge >= 0.3 is 6.61 Å². The Balaban J connectivity index is 1.25. The number of nitrogens with zero attached hydrogens (tertiary/aromatic N) is 8. The number of hydrogen-bond donors (Lipinski definition) is 1. The summed E-state index contributed by atoms with van der Waals surface area (Å²) < 4.78 is 39.5. The van der Waals surface area contributed by atoms with Crippen molar-refractivity contribution >= 4 is 34.7 Å². The van der Waals surface area contributed by atoms with Crippen LogP contribution in [0.4, 0.5) is 14.5 Å². The van der Waals surface area contributed by atoms with Crippen molar-refractivity contribution in [3.63, 3.8) is 0 Å². The van der Waals surface area contributed by atoms with Gasteiger partial charge in [0.05, 0.1) is 25.1 Å². The van der Waals surface area contributed by atoms with E-state index in [0.29, 0.717) is 45.0 Å². The molecule has 3 aromatic heterocycles. The quantitative estimate of drug-likeness (QED) is 0.319. The number of anilines is 1.